The molecule has 0 aliphatic rings. The Morgan fingerprint density at radius 1 is 0.800 bits per heavy atom. The van der Waals surface area contributed by atoms with Crippen LogP contribution in [-0.4, -0.2) is 26.4 Å². The summed E-state index contributed by atoms with van der Waals surface area (Å²) in [5, 5.41) is 9.72. The monoisotopic (exact) mass is 248 g/mol. The topological polar surface area (TPSA) is 47.9 Å². The molecule has 0 unspecified atom stereocenters. The van der Waals surface area contributed by atoms with Crippen molar-refractivity contribution in [3.05, 3.63) is 0 Å². The maximum atomic E-state index is 9.72. The fourth-order valence-corrected chi connectivity index (χ4v) is 1.90. The average molecular weight is 248 g/mol. The van der Waals surface area contributed by atoms with Gasteiger partial charge in [-0.15, -0.1) is 25.3 Å². The van der Waals surface area contributed by atoms with Crippen LogP contribution >= 0.6 is 25.3 Å². The van der Waals surface area contributed by atoms with E-state index in [9.17, 15) is 5.11 Å². The smallest absolute Gasteiger partial charge is 0.179 e. The van der Waals surface area contributed by atoms with E-state index in [1.165, 1.54) is 21.3 Å². The molecule has 15 heavy (non-hydrogen) atoms. The Hall–Kier alpha value is -0.880. The highest BCUT2D eigenvalue weighted by molar-refractivity contribution is 7.81. The lowest BCUT2D eigenvalue weighted by atomic mass is 10.2. The van der Waals surface area contributed by atoms with Crippen molar-refractivity contribution in [2.45, 2.75) is 9.79 Å². The highest BCUT2D eigenvalue weighted by Crippen LogP contribution is 2.51. The number of phenolic OH excluding ortho intramolecular Hbond substituents is 1. The molecule has 4 nitrogen and oxygen atoms in total. The number of hydrogen-bond acceptors (Lipinski definition) is 6. The number of rotatable bonds is 3. The van der Waals surface area contributed by atoms with Gasteiger partial charge in [0.05, 0.1) is 31.1 Å². The van der Waals surface area contributed by atoms with Gasteiger partial charge in [0, 0.05) is 0 Å². The Morgan fingerprint density at radius 3 is 1.60 bits per heavy atom. The van der Waals surface area contributed by atoms with E-state index in [4.69, 9.17) is 14.2 Å². The normalized spacial score (nSPS) is 9.93. The van der Waals surface area contributed by atoms with E-state index in [0.717, 1.165) is 0 Å². The SMILES string of the molecule is COc1c(O)c(S)c(OC)c(OC)c1S. The van der Waals surface area contributed by atoms with E-state index in [2.05, 4.69) is 25.3 Å². The van der Waals surface area contributed by atoms with Gasteiger partial charge in [-0.1, -0.05) is 0 Å². The molecule has 0 saturated carbocycles. The van der Waals surface area contributed by atoms with Crippen LogP contribution in [0.2, 0.25) is 0 Å². The standard InChI is InChI=1S/C9H12O4S2/c1-11-5-4(10)8(14)6(12-2)7(13-3)9(5)15/h10,14-15H,1-3H3. The largest absolute Gasteiger partial charge is 0.503 e. The molecular weight excluding hydrogens is 236 g/mol. The van der Waals surface area contributed by atoms with Crippen LogP contribution in [-0.2, 0) is 0 Å². The minimum atomic E-state index is -0.122. The highest BCUT2D eigenvalue weighted by atomic mass is 32.1. The molecule has 0 atom stereocenters. The summed E-state index contributed by atoms with van der Waals surface area (Å²) in [6.07, 6.45) is 0. The summed E-state index contributed by atoms with van der Waals surface area (Å²) in [7, 11) is 4.35. The van der Waals surface area contributed by atoms with Gasteiger partial charge in [-0.2, -0.15) is 0 Å². The molecule has 6 heteroatoms. The lowest BCUT2D eigenvalue weighted by Gasteiger charge is -2.16. The van der Waals surface area contributed by atoms with Crippen molar-refractivity contribution in [2.24, 2.45) is 0 Å². The Kier molecular flexibility index (Phi) is 3.87. The molecule has 0 aliphatic heterocycles. The minimum absolute atomic E-state index is 0.122. The highest BCUT2D eigenvalue weighted by Gasteiger charge is 2.22. The van der Waals surface area contributed by atoms with Crippen LogP contribution in [0.4, 0.5) is 0 Å². The van der Waals surface area contributed by atoms with Crippen LogP contribution in [0, 0.1) is 0 Å². The lowest BCUT2D eigenvalue weighted by Crippen LogP contribution is -1.96. The zero-order valence-corrected chi connectivity index (χ0v) is 10.4. The molecule has 1 N–H and O–H groups in total. The number of phenols is 1. The van der Waals surface area contributed by atoms with Crippen molar-refractivity contribution in [1.29, 1.82) is 0 Å². The van der Waals surface area contributed by atoms with Crippen LogP contribution in [0.15, 0.2) is 9.79 Å². The van der Waals surface area contributed by atoms with Crippen LogP contribution < -0.4 is 14.2 Å². The van der Waals surface area contributed by atoms with E-state index in [0.29, 0.717) is 16.4 Å². The van der Waals surface area contributed by atoms with Crippen LogP contribution in [0.1, 0.15) is 0 Å². The molecule has 0 heterocycles. The second kappa shape index (κ2) is 4.76. The van der Waals surface area contributed by atoms with E-state index in [-0.39, 0.29) is 16.4 Å². The predicted molar refractivity (Wildman–Crippen MR) is 62.3 cm³/mol. The van der Waals surface area contributed by atoms with E-state index in [1.54, 1.807) is 0 Å². The summed E-state index contributed by atoms with van der Waals surface area (Å²) in [6, 6.07) is 0. The number of benzene rings is 1. The van der Waals surface area contributed by atoms with Crippen molar-refractivity contribution in [2.75, 3.05) is 21.3 Å². The summed E-state index contributed by atoms with van der Waals surface area (Å²) in [5.41, 5.74) is 0. The third-order valence-electron chi connectivity index (χ3n) is 1.90. The van der Waals surface area contributed by atoms with Crippen molar-refractivity contribution in [3.63, 3.8) is 0 Å². The molecule has 1 aromatic carbocycles. The minimum Gasteiger partial charge on any atom is -0.503 e. The molecule has 0 aromatic heterocycles. The molecule has 0 fully saturated rings. The van der Waals surface area contributed by atoms with Gasteiger partial charge in [0.25, 0.3) is 0 Å². The van der Waals surface area contributed by atoms with Gasteiger partial charge in [-0.3, -0.25) is 0 Å². The maximum absolute atomic E-state index is 9.72. The van der Waals surface area contributed by atoms with Gasteiger partial charge >= 0.3 is 0 Å². The summed E-state index contributed by atoms with van der Waals surface area (Å²) in [4.78, 5) is 0.621. The van der Waals surface area contributed by atoms with E-state index < -0.39 is 0 Å². The fourth-order valence-electron chi connectivity index (χ4n) is 1.22. The molecular formula is C9H12O4S2. The Labute approximate surface area is 99.0 Å². The van der Waals surface area contributed by atoms with Gasteiger partial charge in [0.15, 0.2) is 23.0 Å². The lowest BCUT2D eigenvalue weighted by molar-refractivity contribution is 0.312. The molecule has 0 saturated heterocycles. The molecule has 1 aromatic rings. The zero-order valence-electron chi connectivity index (χ0n) is 8.57. The van der Waals surface area contributed by atoms with Gasteiger partial charge in [0.1, 0.15) is 0 Å². The first-order valence-electron chi connectivity index (χ1n) is 4.01. The third-order valence-corrected chi connectivity index (χ3v) is 2.72. The summed E-state index contributed by atoms with van der Waals surface area (Å²) in [6.45, 7) is 0. The first kappa shape index (κ1) is 12.2. The molecule has 1 rings (SSSR count). The van der Waals surface area contributed by atoms with Crippen molar-refractivity contribution < 1.29 is 19.3 Å². The summed E-state index contributed by atoms with van der Waals surface area (Å²) >= 11 is 8.31. The Morgan fingerprint density at radius 2 is 1.20 bits per heavy atom. The van der Waals surface area contributed by atoms with Gasteiger partial charge in [-0.05, 0) is 0 Å². The van der Waals surface area contributed by atoms with E-state index >= 15 is 0 Å². The Balaban J connectivity index is 3.57. The van der Waals surface area contributed by atoms with Gasteiger partial charge in [-0.25, -0.2) is 0 Å². The number of ether oxygens (including phenoxy) is 3. The van der Waals surface area contributed by atoms with Crippen LogP contribution in [0.25, 0.3) is 0 Å². The molecule has 0 bridgehead atoms. The molecule has 0 radical (unpaired) electrons. The quantitative estimate of drug-likeness (QED) is 0.716. The second-order valence-electron chi connectivity index (χ2n) is 2.65. The molecule has 0 spiro atoms. The molecule has 0 aliphatic carbocycles. The average Bonchev–Trinajstić information content (AvgIpc) is 2.23. The van der Waals surface area contributed by atoms with E-state index in [1.807, 2.05) is 0 Å². The van der Waals surface area contributed by atoms with Gasteiger partial charge < -0.3 is 19.3 Å². The second-order valence-corrected chi connectivity index (χ2v) is 3.54. The zero-order chi connectivity index (χ0) is 11.6. The third kappa shape index (κ3) is 1.91. The molecule has 0 amide bonds. The summed E-state index contributed by atoms with van der Waals surface area (Å²) in [5.74, 6) is 0.786. The Bertz CT molecular complexity index is 379. The predicted octanol–water partition coefficient (Wildman–Crippen LogP) is 2.00. The summed E-state index contributed by atoms with van der Waals surface area (Å²) < 4.78 is 15.2. The molecule has 84 valence electrons. The van der Waals surface area contributed by atoms with Crippen molar-refractivity contribution >= 4 is 25.3 Å². The maximum Gasteiger partial charge on any atom is 0.179 e. The van der Waals surface area contributed by atoms with Crippen molar-refractivity contribution in [3.8, 4) is 23.0 Å². The number of hydrogen-bond donors (Lipinski definition) is 3. The number of methoxy groups -OCH3 is 3. The van der Waals surface area contributed by atoms with Crippen LogP contribution in [0.3, 0.4) is 0 Å². The van der Waals surface area contributed by atoms with Gasteiger partial charge in [0.2, 0.25) is 0 Å². The van der Waals surface area contributed by atoms with Crippen molar-refractivity contribution in [1.82, 2.24) is 0 Å². The fraction of sp³-hybridized carbons (Fsp3) is 0.333. The first-order chi connectivity index (χ1) is 7.08. The van der Waals surface area contributed by atoms with Crippen LogP contribution in [0.5, 0.6) is 23.0 Å². The number of aromatic hydroxyl groups is 1. The first-order valence-corrected chi connectivity index (χ1v) is 4.90. The number of thiol groups is 2.